The zero-order valence-electron chi connectivity index (χ0n) is 21.7. The molecular formula is C29H32N6O2. The summed E-state index contributed by atoms with van der Waals surface area (Å²) in [5.41, 5.74) is 5.53. The molecule has 1 fully saturated rings. The van der Waals surface area contributed by atoms with Crippen molar-refractivity contribution in [3.05, 3.63) is 72.1 Å². The minimum absolute atomic E-state index is 0.0324. The van der Waals surface area contributed by atoms with E-state index in [0.29, 0.717) is 28.9 Å². The number of benzene rings is 2. The largest absolute Gasteiger partial charge is 0.367 e. The van der Waals surface area contributed by atoms with Crippen LogP contribution in [0.1, 0.15) is 47.4 Å². The van der Waals surface area contributed by atoms with Crippen molar-refractivity contribution in [2.24, 2.45) is 5.92 Å². The van der Waals surface area contributed by atoms with E-state index in [1.165, 1.54) is 0 Å². The summed E-state index contributed by atoms with van der Waals surface area (Å²) < 4.78 is 2.03. The second kappa shape index (κ2) is 10.0. The second-order valence-electron chi connectivity index (χ2n) is 10.2. The van der Waals surface area contributed by atoms with Crippen LogP contribution in [0.2, 0.25) is 0 Å². The Morgan fingerprint density at radius 3 is 2.27 bits per heavy atom. The van der Waals surface area contributed by atoms with Crippen molar-refractivity contribution in [1.82, 2.24) is 24.6 Å². The Bertz CT molecular complexity index is 1430. The van der Waals surface area contributed by atoms with Crippen LogP contribution in [0.25, 0.3) is 28.2 Å². The highest BCUT2D eigenvalue weighted by atomic mass is 16.2. The minimum Gasteiger partial charge on any atom is -0.367 e. The zero-order valence-corrected chi connectivity index (χ0v) is 21.7. The van der Waals surface area contributed by atoms with Gasteiger partial charge in [-0.05, 0) is 43.0 Å². The van der Waals surface area contributed by atoms with E-state index < -0.39 is 0 Å². The fourth-order valence-corrected chi connectivity index (χ4v) is 4.09. The summed E-state index contributed by atoms with van der Waals surface area (Å²) in [7, 11) is 3.48. The maximum Gasteiger partial charge on any atom is 0.253 e. The molecule has 0 aliphatic heterocycles. The summed E-state index contributed by atoms with van der Waals surface area (Å²) in [6.07, 6.45) is 5.92. The van der Waals surface area contributed by atoms with Gasteiger partial charge in [-0.1, -0.05) is 38.1 Å². The van der Waals surface area contributed by atoms with E-state index in [9.17, 15) is 9.59 Å². The summed E-state index contributed by atoms with van der Waals surface area (Å²) in [5, 5.41) is 6.48. The molecule has 2 N–H and O–H groups in total. The topological polar surface area (TPSA) is 91.6 Å². The molecule has 1 aliphatic carbocycles. The number of nitrogens with one attached hydrogen (secondary N) is 2. The summed E-state index contributed by atoms with van der Waals surface area (Å²) in [5.74, 6) is 1.06. The number of carbonyl (C=O) groups is 2. The van der Waals surface area contributed by atoms with E-state index in [1.807, 2.05) is 65.3 Å². The summed E-state index contributed by atoms with van der Waals surface area (Å²) in [4.78, 5) is 35.9. The Morgan fingerprint density at radius 1 is 1.00 bits per heavy atom. The van der Waals surface area contributed by atoms with Crippen LogP contribution in [0.4, 0.5) is 5.82 Å². The molecule has 1 aliphatic rings. The van der Waals surface area contributed by atoms with Crippen LogP contribution in [-0.2, 0) is 0 Å². The lowest BCUT2D eigenvalue weighted by Crippen LogP contribution is -2.25. The fraction of sp³-hybridized carbons (Fsp3) is 0.310. The van der Waals surface area contributed by atoms with Gasteiger partial charge in [-0.2, -0.15) is 0 Å². The maximum absolute atomic E-state index is 12.4. The Kier molecular flexibility index (Phi) is 6.65. The van der Waals surface area contributed by atoms with Crippen LogP contribution >= 0.6 is 0 Å². The first-order chi connectivity index (χ1) is 17.8. The van der Waals surface area contributed by atoms with Crippen LogP contribution in [-0.4, -0.2) is 57.8 Å². The van der Waals surface area contributed by atoms with Crippen molar-refractivity contribution < 1.29 is 9.59 Å². The molecule has 0 atom stereocenters. The number of nitrogens with zero attached hydrogens (tertiary/aromatic N) is 4. The van der Waals surface area contributed by atoms with Gasteiger partial charge in [0.2, 0.25) is 0 Å². The van der Waals surface area contributed by atoms with Crippen molar-refractivity contribution in [3.8, 4) is 22.5 Å². The van der Waals surface area contributed by atoms with Crippen molar-refractivity contribution in [1.29, 1.82) is 0 Å². The standard InChI is InChI=1S/C29H32N6O2/c1-18(2)15-30-26-27-31-16-25(20-7-9-21(10-8-20)28(36)32-23-13-14-23)35(27)17-24(33-26)19-5-11-22(12-6-19)29(37)34(3)4/h5-12,16-18,23H,13-15H2,1-4H3,(H,30,33)(H,32,36). The third-order valence-corrected chi connectivity index (χ3v) is 6.36. The Labute approximate surface area is 216 Å². The third-order valence-electron chi connectivity index (χ3n) is 6.36. The highest BCUT2D eigenvalue weighted by molar-refractivity contribution is 5.95. The first kappa shape index (κ1) is 24.5. The Balaban J connectivity index is 1.52. The van der Waals surface area contributed by atoms with Crippen LogP contribution in [0, 0.1) is 5.92 Å². The van der Waals surface area contributed by atoms with E-state index in [-0.39, 0.29) is 11.8 Å². The number of anilines is 1. The quantitative estimate of drug-likeness (QED) is 0.368. The predicted molar refractivity (Wildman–Crippen MR) is 146 cm³/mol. The molecule has 0 radical (unpaired) electrons. The molecule has 4 aromatic rings. The first-order valence-electron chi connectivity index (χ1n) is 12.7. The molecule has 2 aromatic carbocycles. The van der Waals surface area contributed by atoms with Gasteiger partial charge in [-0.3, -0.25) is 14.0 Å². The number of fused-ring (bicyclic) bond motifs is 1. The number of imidazole rings is 1. The lowest BCUT2D eigenvalue weighted by atomic mass is 10.1. The molecule has 190 valence electrons. The van der Waals surface area contributed by atoms with Gasteiger partial charge in [0.05, 0.1) is 17.6 Å². The highest BCUT2D eigenvalue weighted by Crippen LogP contribution is 2.28. The summed E-state index contributed by atoms with van der Waals surface area (Å²) in [6.45, 7) is 5.05. The number of amides is 2. The van der Waals surface area contributed by atoms with Gasteiger partial charge in [-0.15, -0.1) is 0 Å². The average molecular weight is 497 g/mol. The van der Waals surface area contributed by atoms with E-state index in [2.05, 4.69) is 29.5 Å². The molecule has 0 bridgehead atoms. The molecule has 0 spiro atoms. The lowest BCUT2D eigenvalue weighted by Gasteiger charge is -2.13. The number of aromatic nitrogens is 3. The van der Waals surface area contributed by atoms with Crippen molar-refractivity contribution >= 4 is 23.3 Å². The van der Waals surface area contributed by atoms with E-state index >= 15 is 0 Å². The van der Waals surface area contributed by atoms with E-state index in [4.69, 9.17) is 4.98 Å². The highest BCUT2D eigenvalue weighted by Gasteiger charge is 2.24. The van der Waals surface area contributed by atoms with Crippen LogP contribution in [0.5, 0.6) is 0 Å². The average Bonchev–Trinajstić information content (AvgIpc) is 3.61. The summed E-state index contributed by atoms with van der Waals surface area (Å²) >= 11 is 0. The van der Waals surface area contributed by atoms with E-state index in [1.54, 1.807) is 19.0 Å². The SMILES string of the molecule is CC(C)CNc1nc(-c2ccc(C(=O)N(C)C)cc2)cn2c(-c3ccc(C(=O)NC4CC4)cc3)cnc12. The lowest BCUT2D eigenvalue weighted by molar-refractivity contribution is 0.0827. The molecule has 37 heavy (non-hydrogen) atoms. The van der Waals surface area contributed by atoms with Crippen LogP contribution < -0.4 is 10.6 Å². The Hall–Kier alpha value is -4.20. The van der Waals surface area contributed by atoms with Gasteiger partial charge in [0, 0.05) is 55.1 Å². The minimum atomic E-state index is -0.0413. The van der Waals surface area contributed by atoms with Gasteiger partial charge >= 0.3 is 0 Å². The van der Waals surface area contributed by atoms with Gasteiger partial charge < -0.3 is 15.5 Å². The normalized spacial score (nSPS) is 13.1. The molecule has 8 heteroatoms. The molecule has 2 aromatic heterocycles. The molecular weight excluding hydrogens is 464 g/mol. The molecule has 1 saturated carbocycles. The van der Waals surface area contributed by atoms with Crippen molar-refractivity contribution in [2.45, 2.75) is 32.7 Å². The Morgan fingerprint density at radius 2 is 1.65 bits per heavy atom. The van der Waals surface area contributed by atoms with Crippen molar-refractivity contribution in [3.63, 3.8) is 0 Å². The second-order valence-corrected chi connectivity index (χ2v) is 10.2. The number of carbonyl (C=O) groups excluding carboxylic acids is 2. The monoisotopic (exact) mass is 496 g/mol. The summed E-state index contributed by atoms with van der Waals surface area (Å²) in [6, 6.07) is 15.4. The molecule has 5 rings (SSSR count). The third kappa shape index (κ3) is 5.33. The van der Waals surface area contributed by atoms with Gasteiger partial charge in [-0.25, -0.2) is 9.97 Å². The smallest absolute Gasteiger partial charge is 0.253 e. The van der Waals surface area contributed by atoms with Crippen LogP contribution in [0.3, 0.4) is 0 Å². The van der Waals surface area contributed by atoms with Gasteiger partial charge in [0.15, 0.2) is 11.5 Å². The van der Waals surface area contributed by atoms with Gasteiger partial charge in [0.25, 0.3) is 11.8 Å². The van der Waals surface area contributed by atoms with Gasteiger partial charge in [0.1, 0.15) is 0 Å². The molecule has 8 nitrogen and oxygen atoms in total. The number of rotatable bonds is 8. The number of hydrogen-bond donors (Lipinski definition) is 2. The first-order valence-corrected chi connectivity index (χ1v) is 12.7. The zero-order chi connectivity index (χ0) is 26.1. The molecule has 0 saturated heterocycles. The molecule has 2 heterocycles. The van der Waals surface area contributed by atoms with Crippen molar-refractivity contribution in [2.75, 3.05) is 26.0 Å². The molecule has 0 unspecified atom stereocenters. The van der Waals surface area contributed by atoms with E-state index in [0.717, 1.165) is 47.5 Å². The maximum atomic E-state index is 12.4. The van der Waals surface area contributed by atoms with Crippen LogP contribution in [0.15, 0.2) is 60.9 Å². The number of hydrogen-bond acceptors (Lipinski definition) is 5. The fourth-order valence-electron chi connectivity index (χ4n) is 4.09. The predicted octanol–water partition coefficient (Wildman–Crippen LogP) is 4.73. The molecule has 2 amide bonds.